The van der Waals surface area contributed by atoms with Gasteiger partial charge in [0.05, 0.1) is 12.1 Å². The van der Waals surface area contributed by atoms with Gasteiger partial charge in [-0.2, -0.15) is 0 Å². The minimum Gasteiger partial charge on any atom is -0.377 e. The number of amides is 1. The van der Waals surface area contributed by atoms with E-state index in [-0.39, 0.29) is 5.91 Å². The number of nitrogens with zero attached hydrogens (tertiary/aromatic N) is 4. The molecule has 0 atom stereocenters. The van der Waals surface area contributed by atoms with E-state index >= 15 is 0 Å². The van der Waals surface area contributed by atoms with Crippen LogP contribution in [0.3, 0.4) is 0 Å². The molecule has 5 rings (SSSR count). The number of aryl methyl sites for hydroxylation is 2. The van der Waals surface area contributed by atoms with Crippen molar-refractivity contribution < 1.29 is 14.1 Å². The Labute approximate surface area is 261 Å². The molecule has 3 heterocycles. The van der Waals surface area contributed by atoms with E-state index in [1.807, 2.05) is 32.9 Å². The number of benzene rings is 2. The SMILES string of the molecule is CCCc1nc2nc(C(=O)NCCN)ccc2n1Cc1ccc(-c2ccccc2SNc2noc(C)c2C)c(COCC)c1. The predicted molar refractivity (Wildman–Crippen MR) is 175 cm³/mol. The maximum atomic E-state index is 12.5. The smallest absolute Gasteiger partial charge is 0.270 e. The summed E-state index contributed by atoms with van der Waals surface area (Å²) in [5.74, 6) is 2.21. The minimum atomic E-state index is -0.250. The Morgan fingerprint density at radius 3 is 2.66 bits per heavy atom. The van der Waals surface area contributed by atoms with Gasteiger partial charge in [0.25, 0.3) is 5.91 Å². The molecule has 0 fully saturated rings. The van der Waals surface area contributed by atoms with E-state index in [1.165, 1.54) is 11.9 Å². The molecule has 0 aliphatic rings. The summed E-state index contributed by atoms with van der Waals surface area (Å²) in [6, 6.07) is 18.5. The lowest BCUT2D eigenvalue weighted by molar-refractivity contribution is 0.0950. The second-order valence-electron chi connectivity index (χ2n) is 10.5. The Morgan fingerprint density at radius 1 is 1.07 bits per heavy atom. The zero-order valence-corrected chi connectivity index (χ0v) is 26.5. The molecule has 44 heavy (non-hydrogen) atoms. The Balaban J connectivity index is 1.47. The lowest BCUT2D eigenvalue weighted by Crippen LogP contribution is -2.29. The topological polar surface area (TPSA) is 133 Å². The molecule has 230 valence electrons. The molecule has 0 saturated carbocycles. The van der Waals surface area contributed by atoms with Crippen molar-refractivity contribution in [1.29, 1.82) is 0 Å². The van der Waals surface area contributed by atoms with Gasteiger partial charge in [-0.05, 0) is 79.6 Å². The number of aromatic nitrogens is 4. The van der Waals surface area contributed by atoms with E-state index in [4.69, 9.17) is 20.0 Å². The number of carbonyl (C=O) groups excluding carboxylic acids is 1. The number of nitrogens with two attached hydrogens (primary N) is 1. The van der Waals surface area contributed by atoms with Crippen LogP contribution >= 0.6 is 11.9 Å². The molecule has 0 saturated heterocycles. The number of pyridine rings is 1. The number of nitrogens with one attached hydrogen (secondary N) is 2. The van der Waals surface area contributed by atoms with Crippen LogP contribution in [0.1, 0.15) is 59.0 Å². The Kier molecular flexibility index (Phi) is 10.3. The van der Waals surface area contributed by atoms with Crippen molar-refractivity contribution in [3.8, 4) is 11.1 Å². The van der Waals surface area contributed by atoms with Crippen LogP contribution < -0.4 is 15.8 Å². The van der Waals surface area contributed by atoms with Crippen molar-refractivity contribution >= 4 is 34.8 Å². The van der Waals surface area contributed by atoms with E-state index in [0.717, 1.165) is 68.5 Å². The first-order chi connectivity index (χ1) is 21.4. The summed E-state index contributed by atoms with van der Waals surface area (Å²) in [7, 11) is 0. The molecule has 4 N–H and O–H groups in total. The highest BCUT2D eigenvalue weighted by Gasteiger charge is 2.17. The first-order valence-corrected chi connectivity index (χ1v) is 15.7. The monoisotopic (exact) mass is 613 g/mol. The average molecular weight is 614 g/mol. The summed E-state index contributed by atoms with van der Waals surface area (Å²) in [6.07, 6.45) is 1.74. The van der Waals surface area contributed by atoms with E-state index < -0.39 is 0 Å². The summed E-state index contributed by atoms with van der Waals surface area (Å²) in [6.45, 7) is 10.5. The highest BCUT2D eigenvalue weighted by atomic mass is 32.2. The van der Waals surface area contributed by atoms with Crippen LogP contribution in [0, 0.1) is 13.8 Å². The Morgan fingerprint density at radius 2 is 1.91 bits per heavy atom. The zero-order chi connectivity index (χ0) is 31.1. The summed E-state index contributed by atoms with van der Waals surface area (Å²) in [5, 5.41) is 6.92. The number of hydrogen-bond acceptors (Lipinski definition) is 9. The van der Waals surface area contributed by atoms with Gasteiger partial charge >= 0.3 is 0 Å². The van der Waals surface area contributed by atoms with Crippen molar-refractivity contribution in [1.82, 2.24) is 25.0 Å². The first kappa shape index (κ1) is 31.2. The summed E-state index contributed by atoms with van der Waals surface area (Å²) in [5.41, 5.74) is 12.8. The summed E-state index contributed by atoms with van der Waals surface area (Å²) in [4.78, 5) is 23.0. The number of ether oxygens (including phenoxy) is 1. The van der Waals surface area contributed by atoms with Gasteiger partial charge in [-0.25, -0.2) is 9.97 Å². The van der Waals surface area contributed by atoms with Crippen LogP contribution in [0.15, 0.2) is 64.0 Å². The lowest BCUT2D eigenvalue weighted by Gasteiger charge is -2.16. The molecule has 0 bridgehead atoms. The van der Waals surface area contributed by atoms with Crippen LogP contribution in [0.5, 0.6) is 0 Å². The fourth-order valence-electron chi connectivity index (χ4n) is 4.97. The maximum Gasteiger partial charge on any atom is 0.270 e. The van der Waals surface area contributed by atoms with Gasteiger partial charge in [-0.15, -0.1) is 0 Å². The van der Waals surface area contributed by atoms with E-state index in [2.05, 4.69) is 68.1 Å². The van der Waals surface area contributed by atoms with Gasteiger partial charge < -0.3 is 29.6 Å². The Bertz CT molecular complexity index is 1750. The summed E-state index contributed by atoms with van der Waals surface area (Å²) < 4.78 is 16.8. The highest BCUT2D eigenvalue weighted by Crippen LogP contribution is 2.35. The molecule has 0 spiro atoms. The molecule has 11 heteroatoms. The van der Waals surface area contributed by atoms with Gasteiger partial charge in [-0.1, -0.05) is 48.5 Å². The number of rotatable bonds is 14. The van der Waals surface area contributed by atoms with Crippen LogP contribution in [0.2, 0.25) is 0 Å². The van der Waals surface area contributed by atoms with Crippen molar-refractivity contribution in [3.63, 3.8) is 0 Å². The summed E-state index contributed by atoms with van der Waals surface area (Å²) >= 11 is 1.51. The van der Waals surface area contributed by atoms with Crippen LogP contribution in [0.25, 0.3) is 22.3 Å². The molecule has 5 aromatic rings. The van der Waals surface area contributed by atoms with Crippen molar-refractivity contribution in [2.75, 3.05) is 24.4 Å². The zero-order valence-electron chi connectivity index (χ0n) is 25.6. The third-order valence-corrected chi connectivity index (χ3v) is 8.26. The largest absolute Gasteiger partial charge is 0.377 e. The molecule has 0 unspecified atom stereocenters. The number of carbonyl (C=O) groups is 1. The fraction of sp³-hybridized carbons (Fsp3) is 0.333. The number of hydrogen-bond donors (Lipinski definition) is 3. The van der Waals surface area contributed by atoms with Crippen molar-refractivity contribution in [2.24, 2.45) is 5.73 Å². The molecule has 10 nitrogen and oxygen atoms in total. The third-order valence-electron chi connectivity index (χ3n) is 7.39. The second-order valence-corrected chi connectivity index (χ2v) is 11.3. The predicted octanol–water partition coefficient (Wildman–Crippen LogP) is 6.05. The standard InChI is InChI=1S/C33H39N7O3S/c1-5-9-30-37-32-28(15-14-27(36-32)33(41)35-17-16-34)40(30)19-23-12-13-25(24(18-23)20-42-6-2)26-10-7-8-11-29(26)44-39-31-21(3)22(4)43-38-31/h7-8,10-15,18H,5-6,9,16-17,19-20,34H2,1-4H3,(H,35,41)(H,38,39). The molecule has 0 aliphatic carbocycles. The number of anilines is 1. The van der Waals surface area contributed by atoms with E-state index in [1.54, 1.807) is 6.07 Å². The van der Waals surface area contributed by atoms with Gasteiger partial charge in [0.1, 0.15) is 17.3 Å². The third kappa shape index (κ3) is 6.96. The molecular formula is C33H39N7O3S. The molecule has 1 amide bonds. The van der Waals surface area contributed by atoms with Crippen molar-refractivity contribution in [2.45, 2.75) is 58.6 Å². The molecule has 0 aliphatic heterocycles. The van der Waals surface area contributed by atoms with Crippen LogP contribution in [-0.4, -0.2) is 45.3 Å². The van der Waals surface area contributed by atoms with Gasteiger partial charge in [0.2, 0.25) is 0 Å². The van der Waals surface area contributed by atoms with Gasteiger partial charge in [0, 0.05) is 43.1 Å². The van der Waals surface area contributed by atoms with Crippen molar-refractivity contribution in [3.05, 3.63) is 88.6 Å². The average Bonchev–Trinajstić information content (AvgIpc) is 3.55. The van der Waals surface area contributed by atoms with Crippen LogP contribution in [0.4, 0.5) is 5.82 Å². The maximum absolute atomic E-state index is 12.5. The Hall–Kier alpha value is -4.19. The molecule has 3 aromatic heterocycles. The molecular weight excluding hydrogens is 574 g/mol. The molecule has 0 radical (unpaired) electrons. The normalized spacial score (nSPS) is 11.3. The first-order valence-electron chi connectivity index (χ1n) is 14.9. The minimum absolute atomic E-state index is 0.250. The lowest BCUT2D eigenvalue weighted by atomic mass is 9.97. The van der Waals surface area contributed by atoms with Gasteiger partial charge in [-0.3, -0.25) is 4.79 Å². The van der Waals surface area contributed by atoms with Crippen LogP contribution in [-0.2, 0) is 24.3 Å². The quantitative estimate of drug-likeness (QED) is 0.128. The van der Waals surface area contributed by atoms with Gasteiger partial charge in [0.15, 0.2) is 11.5 Å². The van der Waals surface area contributed by atoms with E-state index in [9.17, 15) is 4.79 Å². The number of imidazole rings is 1. The second kappa shape index (κ2) is 14.5. The highest BCUT2D eigenvalue weighted by molar-refractivity contribution is 8.00. The number of fused-ring (bicyclic) bond motifs is 1. The van der Waals surface area contributed by atoms with E-state index in [0.29, 0.717) is 44.2 Å². The fourth-order valence-corrected chi connectivity index (χ4v) is 5.80. The molecule has 2 aromatic carbocycles.